The van der Waals surface area contributed by atoms with Gasteiger partial charge in [-0.25, -0.2) is 8.42 Å². The van der Waals surface area contributed by atoms with Gasteiger partial charge in [0.05, 0.1) is 10.9 Å². The molecule has 1 amide bonds. The van der Waals surface area contributed by atoms with Crippen LogP contribution in [-0.4, -0.2) is 53.9 Å². The number of hydrogen-bond acceptors (Lipinski definition) is 4. The van der Waals surface area contributed by atoms with Crippen molar-refractivity contribution in [2.45, 2.75) is 43.4 Å². The van der Waals surface area contributed by atoms with Crippen molar-refractivity contribution in [2.75, 3.05) is 13.1 Å². The lowest BCUT2D eigenvalue weighted by Gasteiger charge is -2.33. The lowest BCUT2D eigenvalue weighted by Crippen LogP contribution is -2.51. The van der Waals surface area contributed by atoms with Gasteiger partial charge < -0.3 is 10.0 Å². The monoisotopic (exact) mass is 428 g/mol. The third kappa shape index (κ3) is 4.80. The fourth-order valence-corrected chi connectivity index (χ4v) is 5.23. The van der Waals surface area contributed by atoms with E-state index in [1.807, 2.05) is 37.3 Å². The number of amides is 1. The van der Waals surface area contributed by atoms with Crippen LogP contribution in [0.5, 0.6) is 0 Å². The minimum Gasteiger partial charge on any atom is -0.381 e. The minimum absolute atomic E-state index is 0.0120. The maximum atomic E-state index is 13.5. The van der Waals surface area contributed by atoms with Gasteiger partial charge >= 0.3 is 0 Å². The molecule has 2 atom stereocenters. The standard InChI is InChI=1S/C23H28N2O4S/c1-3-21(22(26)23(27)24-15-7-8-16-24)25(17-19-9-5-4-6-10-19)30(28,29)20-13-11-18(2)12-14-20/h3-6,9-14,21-22,26H,1,7-8,15-17H2,2H3/t21-,22+/m0/s1. The van der Waals surface area contributed by atoms with Crippen molar-refractivity contribution in [2.24, 2.45) is 0 Å². The zero-order valence-corrected chi connectivity index (χ0v) is 18.0. The molecule has 1 heterocycles. The smallest absolute Gasteiger partial charge is 0.253 e. The molecule has 0 radical (unpaired) electrons. The fourth-order valence-electron chi connectivity index (χ4n) is 3.63. The summed E-state index contributed by atoms with van der Waals surface area (Å²) in [5.41, 5.74) is 1.69. The van der Waals surface area contributed by atoms with Crippen molar-refractivity contribution in [3.05, 3.63) is 78.4 Å². The highest BCUT2D eigenvalue weighted by molar-refractivity contribution is 7.89. The average Bonchev–Trinajstić information content (AvgIpc) is 3.29. The molecule has 1 fully saturated rings. The summed E-state index contributed by atoms with van der Waals surface area (Å²) in [6, 6.07) is 14.5. The third-order valence-corrected chi connectivity index (χ3v) is 7.23. The van der Waals surface area contributed by atoms with Crippen LogP contribution in [0.4, 0.5) is 0 Å². The van der Waals surface area contributed by atoms with Crippen LogP contribution in [0.3, 0.4) is 0 Å². The van der Waals surface area contributed by atoms with Gasteiger partial charge in [-0.2, -0.15) is 4.31 Å². The first-order chi connectivity index (χ1) is 14.3. The number of aliphatic hydroxyl groups is 1. The summed E-state index contributed by atoms with van der Waals surface area (Å²) in [5.74, 6) is -0.463. The van der Waals surface area contributed by atoms with Crippen LogP contribution >= 0.6 is 0 Å². The summed E-state index contributed by atoms with van der Waals surface area (Å²) >= 11 is 0. The number of rotatable bonds is 8. The van der Waals surface area contributed by atoms with Gasteiger partial charge in [0.1, 0.15) is 0 Å². The van der Waals surface area contributed by atoms with Crippen LogP contribution in [0, 0.1) is 6.92 Å². The van der Waals surface area contributed by atoms with Crippen LogP contribution < -0.4 is 0 Å². The summed E-state index contributed by atoms with van der Waals surface area (Å²) in [5, 5.41) is 10.9. The quantitative estimate of drug-likeness (QED) is 0.656. The molecule has 1 aliphatic rings. The number of sulfonamides is 1. The highest BCUT2D eigenvalue weighted by atomic mass is 32.2. The molecular weight excluding hydrogens is 400 g/mol. The van der Waals surface area contributed by atoms with Crippen molar-refractivity contribution in [3.8, 4) is 0 Å². The molecule has 1 aliphatic heterocycles. The van der Waals surface area contributed by atoms with Crippen LogP contribution in [0.15, 0.2) is 72.1 Å². The van der Waals surface area contributed by atoms with Crippen molar-refractivity contribution in [1.29, 1.82) is 0 Å². The van der Waals surface area contributed by atoms with E-state index in [4.69, 9.17) is 0 Å². The second kappa shape index (κ2) is 9.55. The van der Waals surface area contributed by atoms with E-state index < -0.39 is 28.1 Å². The number of likely N-dealkylation sites (tertiary alicyclic amines) is 1. The Morgan fingerprint density at radius 2 is 1.73 bits per heavy atom. The molecule has 7 heteroatoms. The molecule has 0 spiro atoms. The van der Waals surface area contributed by atoms with Crippen LogP contribution in [-0.2, 0) is 21.4 Å². The second-order valence-corrected chi connectivity index (χ2v) is 9.44. The molecule has 0 aliphatic carbocycles. The topological polar surface area (TPSA) is 77.9 Å². The number of carbonyl (C=O) groups is 1. The lowest BCUT2D eigenvalue weighted by molar-refractivity contribution is -0.140. The first-order valence-corrected chi connectivity index (χ1v) is 11.5. The third-order valence-electron chi connectivity index (χ3n) is 5.38. The zero-order valence-electron chi connectivity index (χ0n) is 17.1. The Kier molecular flexibility index (Phi) is 7.07. The summed E-state index contributed by atoms with van der Waals surface area (Å²) in [7, 11) is -4.00. The van der Waals surface area contributed by atoms with Gasteiger partial charge in [-0.05, 0) is 37.5 Å². The summed E-state index contributed by atoms with van der Waals surface area (Å²) in [4.78, 5) is 14.5. The maximum Gasteiger partial charge on any atom is 0.253 e. The molecule has 160 valence electrons. The molecule has 2 aromatic carbocycles. The van der Waals surface area contributed by atoms with Crippen LogP contribution in [0.25, 0.3) is 0 Å². The summed E-state index contributed by atoms with van der Waals surface area (Å²) < 4.78 is 28.2. The number of carbonyl (C=O) groups excluding carboxylic acids is 1. The number of benzene rings is 2. The Hall–Kier alpha value is -2.48. The molecular formula is C23H28N2O4S. The Bertz CT molecular complexity index is 968. The van der Waals surface area contributed by atoms with Gasteiger partial charge in [0.15, 0.2) is 6.10 Å². The van der Waals surface area contributed by atoms with E-state index in [1.54, 1.807) is 17.0 Å². The number of aryl methyl sites for hydroxylation is 1. The molecule has 2 aromatic rings. The highest BCUT2D eigenvalue weighted by Crippen LogP contribution is 2.25. The second-order valence-electron chi connectivity index (χ2n) is 7.55. The first-order valence-electron chi connectivity index (χ1n) is 10.1. The van der Waals surface area contributed by atoms with Crippen LogP contribution in [0.1, 0.15) is 24.0 Å². The first kappa shape index (κ1) is 22.2. The number of aliphatic hydroxyl groups excluding tert-OH is 1. The van der Waals surface area contributed by atoms with Gasteiger partial charge in [0, 0.05) is 19.6 Å². The minimum atomic E-state index is -4.00. The normalized spacial score (nSPS) is 16.4. The predicted molar refractivity (Wildman–Crippen MR) is 116 cm³/mol. The molecule has 3 rings (SSSR count). The maximum absolute atomic E-state index is 13.5. The van der Waals surface area contributed by atoms with Gasteiger partial charge in [-0.1, -0.05) is 54.1 Å². The van der Waals surface area contributed by atoms with E-state index >= 15 is 0 Å². The summed E-state index contributed by atoms with van der Waals surface area (Å²) in [6.07, 6.45) is 1.58. The van der Waals surface area contributed by atoms with Gasteiger partial charge in [0.25, 0.3) is 5.91 Å². The Morgan fingerprint density at radius 3 is 2.30 bits per heavy atom. The van der Waals surface area contributed by atoms with Crippen molar-refractivity contribution in [1.82, 2.24) is 9.21 Å². The average molecular weight is 429 g/mol. The van der Waals surface area contributed by atoms with E-state index in [2.05, 4.69) is 6.58 Å². The van der Waals surface area contributed by atoms with Gasteiger partial charge in [-0.15, -0.1) is 6.58 Å². The van der Waals surface area contributed by atoms with Gasteiger partial charge in [-0.3, -0.25) is 4.79 Å². The van der Waals surface area contributed by atoms with Crippen molar-refractivity contribution < 1.29 is 18.3 Å². The largest absolute Gasteiger partial charge is 0.381 e. The van der Waals surface area contributed by atoms with Crippen LogP contribution in [0.2, 0.25) is 0 Å². The van der Waals surface area contributed by atoms with Crippen molar-refractivity contribution in [3.63, 3.8) is 0 Å². The number of hydrogen-bond donors (Lipinski definition) is 1. The SMILES string of the molecule is C=C[C@@H]([C@@H](O)C(=O)N1CCCC1)N(Cc1ccccc1)S(=O)(=O)c1ccc(C)cc1. The Balaban J connectivity index is 1.99. The molecule has 0 aromatic heterocycles. The molecule has 0 saturated carbocycles. The molecule has 0 unspecified atom stereocenters. The molecule has 30 heavy (non-hydrogen) atoms. The van der Waals surface area contributed by atoms with E-state index in [9.17, 15) is 18.3 Å². The van der Waals surface area contributed by atoms with Crippen molar-refractivity contribution >= 4 is 15.9 Å². The van der Waals surface area contributed by atoms with E-state index in [0.29, 0.717) is 13.1 Å². The Morgan fingerprint density at radius 1 is 1.13 bits per heavy atom. The molecule has 1 N–H and O–H groups in total. The number of nitrogens with zero attached hydrogens (tertiary/aromatic N) is 2. The molecule has 0 bridgehead atoms. The van der Waals surface area contributed by atoms with E-state index in [1.165, 1.54) is 22.5 Å². The predicted octanol–water partition coefficient (Wildman–Crippen LogP) is 2.72. The lowest BCUT2D eigenvalue weighted by atomic mass is 10.1. The van der Waals surface area contributed by atoms with E-state index in [-0.39, 0.29) is 11.4 Å². The molecule has 1 saturated heterocycles. The zero-order chi connectivity index (χ0) is 21.7. The Labute approximate surface area is 178 Å². The summed E-state index contributed by atoms with van der Waals surface area (Å²) in [6.45, 7) is 6.77. The van der Waals surface area contributed by atoms with E-state index in [0.717, 1.165) is 24.0 Å². The van der Waals surface area contributed by atoms with Gasteiger partial charge in [0.2, 0.25) is 10.0 Å². The fraction of sp³-hybridized carbons (Fsp3) is 0.348. The molecule has 6 nitrogen and oxygen atoms in total. The highest BCUT2D eigenvalue weighted by Gasteiger charge is 2.39.